The van der Waals surface area contributed by atoms with Gasteiger partial charge in [-0.3, -0.25) is 4.90 Å². The van der Waals surface area contributed by atoms with Crippen LogP contribution in [0.15, 0.2) is 17.5 Å². The fourth-order valence-electron chi connectivity index (χ4n) is 2.34. The largest absolute Gasteiger partial charge is 0.278 e. The maximum absolute atomic E-state index is 9.41. The molecule has 0 spiro atoms. The van der Waals surface area contributed by atoms with Crippen molar-refractivity contribution >= 4 is 22.7 Å². The molecule has 1 aliphatic rings. The van der Waals surface area contributed by atoms with Gasteiger partial charge in [-0.25, -0.2) is 4.98 Å². The lowest BCUT2D eigenvalue weighted by atomic mass is 10.1. The Labute approximate surface area is 114 Å². The van der Waals surface area contributed by atoms with Gasteiger partial charge >= 0.3 is 0 Å². The van der Waals surface area contributed by atoms with Gasteiger partial charge < -0.3 is 0 Å². The van der Waals surface area contributed by atoms with Crippen molar-refractivity contribution in [3.05, 3.63) is 38.0 Å². The second-order valence-electron chi connectivity index (χ2n) is 4.37. The van der Waals surface area contributed by atoms with Gasteiger partial charge in [0.15, 0.2) is 0 Å². The molecule has 0 fully saturated rings. The maximum atomic E-state index is 9.41. The van der Waals surface area contributed by atoms with Gasteiger partial charge in [-0.2, -0.15) is 5.26 Å². The zero-order chi connectivity index (χ0) is 12.5. The van der Waals surface area contributed by atoms with E-state index in [1.807, 2.05) is 24.4 Å². The molecule has 92 valence electrons. The van der Waals surface area contributed by atoms with Crippen molar-refractivity contribution in [1.82, 2.24) is 9.88 Å². The molecule has 0 radical (unpaired) electrons. The smallest absolute Gasteiger partial charge is 0.133 e. The Morgan fingerprint density at radius 2 is 2.44 bits per heavy atom. The average Bonchev–Trinajstić information content (AvgIpc) is 2.97. The third kappa shape index (κ3) is 2.07. The molecule has 0 N–H and O–H groups in total. The SMILES string of the molecule is Cc1nc2c(s1)CN([C@H](C#N)c1cccs1)CC2. The van der Waals surface area contributed by atoms with Crippen LogP contribution in [0.3, 0.4) is 0 Å². The number of thiophene rings is 1. The molecule has 1 atom stereocenters. The van der Waals surface area contributed by atoms with Crippen molar-refractivity contribution in [3.8, 4) is 6.07 Å². The van der Waals surface area contributed by atoms with Gasteiger partial charge in [0.25, 0.3) is 0 Å². The zero-order valence-electron chi connectivity index (χ0n) is 10.1. The first kappa shape index (κ1) is 11.8. The summed E-state index contributed by atoms with van der Waals surface area (Å²) in [6.07, 6.45) is 0.962. The summed E-state index contributed by atoms with van der Waals surface area (Å²) in [5, 5.41) is 12.6. The molecule has 1 aliphatic heterocycles. The quantitative estimate of drug-likeness (QED) is 0.845. The van der Waals surface area contributed by atoms with Gasteiger partial charge in [0, 0.05) is 29.3 Å². The number of rotatable bonds is 2. The van der Waals surface area contributed by atoms with E-state index in [0.717, 1.165) is 29.4 Å². The van der Waals surface area contributed by atoms with Crippen molar-refractivity contribution in [2.45, 2.75) is 25.9 Å². The Morgan fingerprint density at radius 1 is 1.56 bits per heavy atom. The van der Waals surface area contributed by atoms with E-state index >= 15 is 0 Å². The van der Waals surface area contributed by atoms with Crippen LogP contribution in [0.4, 0.5) is 0 Å². The van der Waals surface area contributed by atoms with E-state index in [4.69, 9.17) is 0 Å². The summed E-state index contributed by atoms with van der Waals surface area (Å²) in [5.74, 6) is 0. The molecule has 3 nitrogen and oxygen atoms in total. The van der Waals surface area contributed by atoms with Crippen LogP contribution in [-0.2, 0) is 13.0 Å². The van der Waals surface area contributed by atoms with Crippen molar-refractivity contribution in [3.63, 3.8) is 0 Å². The van der Waals surface area contributed by atoms with Crippen molar-refractivity contribution < 1.29 is 0 Å². The first-order valence-electron chi connectivity index (χ1n) is 5.90. The zero-order valence-corrected chi connectivity index (χ0v) is 11.7. The number of nitriles is 1. The standard InChI is InChI=1S/C13H13N3S2/c1-9-15-10-4-5-16(8-13(10)18-9)11(7-14)12-3-2-6-17-12/h2-3,6,11H,4-5,8H2,1H3/t11-/m1/s1. The Kier molecular flexibility index (Phi) is 3.16. The molecule has 0 aromatic carbocycles. The topological polar surface area (TPSA) is 39.9 Å². The number of nitrogens with zero attached hydrogens (tertiary/aromatic N) is 3. The van der Waals surface area contributed by atoms with E-state index in [1.165, 1.54) is 10.6 Å². The molecule has 2 aromatic heterocycles. The van der Waals surface area contributed by atoms with E-state index in [0.29, 0.717) is 0 Å². The first-order valence-corrected chi connectivity index (χ1v) is 7.60. The normalized spacial score (nSPS) is 17.1. The van der Waals surface area contributed by atoms with Crippen molar-refractivity contribution in [2.75, 3.05) is 6.54 Å². The third-order valence-corrected chi connectivity index (χ3v) is 5.09. The number of aryl methyl sites for hydroxylation is 1. The second kappa shape index (κ2) is 4.81. The Bertz CT molecular complexity index is 580. The third-order valence-electron chi connectivity index (χ3n) is 3.17. The number of aromatic nitrogens is 1. The molecule has 5 heteroatoms. The molecular weight excluding hydrogens is 262 g/mol. The minimum Gasteiger partial charge on any atom is -0.278 e. The number of fused-ring (bicyclic) bond motifs is 1. The summed E-state index contributed by atoms with van der Waals surface area (Å²) >= 11 is 3.42. The second-order valence-corrected chi connectivity index (χ2v) is 6.64. The highest BCUT2D eigenvalue weighted by Gasteiger charge is 2.27. The first-order chi connectivity index (χ1) is 8.78. The molecule has 0 saturated heterocycles. The van der Waals surface area contributed by atoms with Crippen LogP contribution in [0.5, 0.6) is 0 Å². The summed E-state index contributed by atoms with van der Waals surface area (Å²) in [4.78, 5) is 9.27. The van der Waals surface area contributed by atoms with E-state index in [2.05, 4.69) is 16.0 Å². The van der Waals surface area contributed by atoms with Gasteiger partial charge in [-0.1, -0.05) is 6.07 Å². The number of hydrogen-bond donors (Lipinski definition) is 0. The summed E-state index contributed by atoms with van der Waals surface area (Å²) in [5.41, 5.74) is 1.23. The van der Waals surface area contributed by atoms with Crippen LogP contribution in [0.1, 0.15) is 26.5 Å². The minimum absolute atomic E-state index is 0.111. The van der Waals surface area contributed by atoms with Crippen molar-refractivity contribution in [2.24, 2.45) is 0 Å². The van der Waals surface area contributed by atoms with E-state index < -0.39 is 0 Å². The van der Waals surface area contributed by atoms with Crippen molar-refractivity contribution in [1.29, 1.82) is 5.26 Å². The highest BCUT2D eigenvalue weighted by molar-refractivity contribution is 7.11. The van der Waals surface area contributed by atoms with E-state index in [1.54, 1.807) is 22.7 Å². The fourth-order valence-corrected chi connectivity index (χ4v) is 4.15. The van der Waals surface area contributed by atoms with Gasteiger partial charge in [0.05, 0.1) is 16.8 Å². The molecular formula is C13H13N3S2. The van der Waals surface area contributed by atoms with Crippen LogP contribution in [-0.4, -0.2) is 16.4 Å². The van der Waals surface area contributed by atoms with Gasteiger partial charge in [-0.15, -0.1) is 22.7 Å². The Hall–Kier alpha value is -1.22. The number of hydrogen-bond acceptors (Lipinski definition) is 5. The summed E-state index contributed by atoms with van der Waals surface area (Å²) in [6.45, 7) is 3.83. The average molecular weight is 275 g/mol. The molecule has 0 saturated carbocycles. The fraction of sp³-hybridized carbons (Fsp3) is 0.385. The maximum Gasteiger partial charge on any atom is 0.133 e. The van der Waals surface area contributed by atoms with Gasteiger partial charge in [0.2, 0.25) is 0 Å². The highest BCUT2D eigenvalue weighted by atomic mass is 32.1. The van der Waals surface area contributed by atoms with Gasteiger partial charge in [0.1, 0.15) is 6.04 Å². The molecule has 18 heavy (non-hydrogen) atoms. The van der Waals surface area contributed by atoms with E-state index in [9.17, 15) is 5.26 Å². The van der Waals surface area contributed by atoms with Crippen LogP contribution in [0, 0.1) is 18.3 Å². The lowest BCUT2D eigenvalue weighted by molar-refractivity contribution is 0.220. The lowest BCUT2D eigenvalue weighted by Crippen LogP contribution is -2.32. The number of thiazole rings is 1. The predicted octanol–water partition coefficient (Wildman–Crippen LogP) is 3.14. The molecule has 0 amide bonds. The molecule has 0 unspecified atom stereocenters. The van der Waals surface area contributed by atoms with Crippen LogP contribution in [0.2, 0.25) is 0 Å². The molecule has 3 rings (SSSR count). The predicted molar refractivity (Wildman–Crippen MR) is 73.6 cm³/mol. The summed E-state index contributed by atoms with van der Waals surface area (Å²) in [6, 6.07) is 6.38. The van der Waals surface area contributed by atoms with Crippen LogP contribution in [0.25, 0.3) is 0 Å². The summed E-state index contributed by atoms with van der Waals surface area (Å²) in [7, 11) is 0. The van der Waals surface area contributed by atoms with Crippen LogP contribution < -0.4 is 0 Å². The molecule has 0 aliphatic carbocycles. The van der Waals surface area contributed by atoms with Gasteiger partial charge in [-0.05, 0) is 18.4 Å². The molecule has 2 aromatic rings. The summed E-state index contributed by atoms with van der Waals surface area (Å²) < 4.78 is 0. The monoisotopic (exact) mass is 275 g/mol. The molecule has 3 heterocycles. The Balaban J connectivity index is 1.85. The van der Waals surface area contributed by atoms with E-state index in [-0.39, 0.29) is 6.04 Å². The molecule has 0 bridgehead atoms. The minimum atomic E-state index is -0.111. The highest BCUT2D eigenvalue weighted by Crippen LogP contribution is 2.31. The Morgan fingerprint density at radius 3 is 3.17 bits per heavy atom. The lowest BCUT2D eigenvalue weighted by Gasteiger charge is -2.29. The van der Waals surface area contributed by atoms with Crippen LogP contribution >= 0.6 is 22.7 Å².